The van der Waals surface area contributed by atoms with Gasteiger partial charge in [0, 0.05) is 24.8 Å². The van der Waals surface area contributed by atoms with Crippen LogP contribution in [0.2, 0.25) is 5.02 Å². The molecule has 1 aliphatic carbocycles. The minimum atomic E-state index is -0.535. The molecule has 2 rings (SSSR count). The first-order valence-electron chi connectivity index (χ1n) is 6.32. The third-order valence-electron chi connectivity index (χ3n) is 3.31. The van der Waals surface area contributed by atoms with E-state index < -0.39 is 5.91 Å². The number of nitrogen functional groups attached to an aromatic ring is 1. The summed E-state index contributed by atoms with van der Waals surface area (Å²) in [6, 6.07) is 3.86. The molecule has 5 nitrogen and oxygen atoms in total. The number of hydrogen-bond acceptors (Lipinski definition) is 4. The molecule has 0 atom stereocenters. The lowest BCUT2D eigenvalue weighted by Gasteiger charge is -2.18. The molecular formula is C13H19ClN4O. The van der Waals surface area contributed by atoms with E-state index >= 15 is 0 Å². The predicted octanol–water partition coefficient (Wildman–Crippen LogP) is 1.53. The fourth-order valence-corrected chi connectivity index (χ4v) is 2.35. The number of hydrogen-bond donors (Lipinski definition) is 3. The van der Waals surface area contributed by atoms with Crippen molar-refractivity contribution in [2.75, 3.05) is 31.2 Å². The second-order valence-electron chi connectivity index (χ2n) is 4.93. The van der Waals surface area contributed by atoms with E-state index in [1.807, 2.05) is 0 Å². The van der Waals surface area contributed by atoms with Gasteiger partial charge in [-0.05, 0) is 32.0 Å². The van der Waals surface area contributed by atoms with Gasteiger partial charge in [-0.2, -0.15) is 0 Å². The van der Waals surface area contributed by atoms with Crippen LogP contribution in [0.1, 0.15) is 23.2 Å². The smallest absolute Gasteiger partial charge is 0.250 e. The maximum absolute atomic E-state index is 11.4. The van der Waals surface area contributed by atoms with Crippen molar-refractivity contribution in [3.63, 3.8) is 0 Å². The highest BCUT2D eigenvalue weighted by molar-refractivity contribution is 6.34. The minimum Gasteiger partial charge on any atom is -0.399 e. The Morgan fingerprint density at radius 1 is 1.53 bits per heavy atom. The van der Waals surface area contributed by atoms with Crippen LogP contribution < -0.4 is 16.8 Å². The van der Waals surface area contributed by atoms with Crippen molar-refractivity contribution in [3.05, 3.63) is 22.7 Å². The Bertz CT molecular complexity index is 488. The highest BCUT2D eigenvalue weighted by Crippen LogP contribution is 2.29. The largest absolute Gasteiger partial charge is 0.399 e. The van der Waals surface area contributed by atoms with Crippen LogP contribution in [0.3, 0.4) is 0 Å². The zero-order valence-corrected chi connectivity index (χ0v) is 11.7. The first-order valence-corrected chi connectivity index (χ1v) is 6.69. The minimum absolute atomic E-state index is 0.332. The van der Waals surface area contributed by atoms with E-state index in [1.54, 1.807) is 12.1 Å². The molecule has 0 radical (unpaired) electrons. The summed E-state index contributed by atoms with van der Waals surface area (Å²) < 4.78 is 0. The van der Waals surface area contributed by atoms with Crippen LogP contribution in [0.25, 0.3) is 0 Å². The number of likely N-dealkylation sites (N-methyl/N-ethyl adjacent to an activating group) is 1. The van der Waals surface area contributed by atoms with Gasteiger partial charge in [-0.1, -0.05) is 11.6 Å². The van der Waals surface area contributed by atoms with Crippen LogP contribution in [0, 0.1) is 0 Å². The maximum Gasteiger partial charge on any atom is 0.250 e. The summed E-state index contributed by atoms with van der Waals surface area (Å²) in [5, 5.41) is 3.59. The van der Waals surface area contributed by atoms with Gasteiger partial charge >= 0.3 is 0 Å². The number of nitrogens with zero attached hydrogens (tertiary/aromatic N) is 1. The van der Waals surface area contributed by atoms with Gasteiger partial charge in [-0.3, -0.25) is 4.79 Å². The standard InChI is InChI=1S/C13H19ClN4O/c1-18(9-2-3-9)5-4-17-12-10(13(16)19)6-8(15)7-11(12)14/h6-7,9,17H,2-5,15H2,1H3,(H2,16,19). The third kappa shape index (κ3) is 3.52. The van der Waals surface area contributed by atoms with Crippen LogP contribution in [0.4, 0.5) is 11.4 Å². The Morgan fingerprint density at radius 2 is 2.21 bits per heavy atom. The molecule has 19 heavy (non-hydrogen) atoms. The topological polar surface area (TPSA) is 84.4 Å². The van der Waals surface area contributed by atoms with Crippen molar-refractivity contribution >= 4 is 28.9 Å². The lowest BCUT2D eigenvalue weighted by atomic mass is 10.1. The Balaban J connectivity index is 2.03. The zero-order chi connectivity index (χ0) is 14.0. The van der Waals surface area contributed by atoms with Crippen LogP contribution >= 0.6 is 11.6 Å². The van der Waals surface area contributed by atoms with Crippen LogP contribution in [0.5, 0.6) is 0 Å². The number of halogens is 1. The van der Waals surface area contributed by atoms with E-state index in [0.29, 0.717) is 34.5 Å². The molecule has 0 unspecified atom stereocenters. The molecule has 1 aromatic carbocycles. The molecule has 0 aromatic heterocycles. The number of carbonyl (C=O) groups excluding carboxylic acids is 1. The first kappa shape index (κ1) is 14.0. The van der Waals surface area contributed by atoms with E-state index in [-0.39, 0.29) is 0 Å². The molecule has 0 heterocycles. The van der Waals surface area contributed by atoms with Crippen molar-refractivity contribution < 1.29 is 4.79 Å². The first-order chi connectivity index (χ1) is 8.99. The molecule has 1 fully saturated rings. The molecule has 5 N–H and O–H groups in total. The summed E-state index contributed by atoms with van der Waals surface area (Å²) in [7, 11) is 2.10. The number of anilines is 2. The number of amides is 1. The van der Waals surface area contributed by atoms with Gasteiger partial charge in [0.05, 0.1) is 16.3 Å². The molecular weight excluding hydrogens is 264 g/mol. The molecule has 1 aliphatic rings. The molecule has 0 saturated heterocycles. The number of benzene rings is 1. The highest BCUT2D eigenvalue weighted by Gasteiger charge is 2.25. The summed E-state index contributed by atoms with van der Waals surface area (Å²) in [4.78, 5) is 13.7. The van der Waals surface area contributed by atoms with Gasteiger partial charge in [0.15, 0.2) is 0 Å². The number of primary amides is 1. The van der Waals surface area contributed by atoms with Crippen molar-refractivity contribution in [1.82, 2.24) is 4.90 Å². The predicted molar refractivity (Wildman–Crippen MR) is 78.5 cm³/mol. The molecule has 104 valence electrons. The Kier molecular flexibility index (Phi) is 4.17. The maximum atomic E-state index is 11.4. The molecule has 1 amide bonds. The van der Waals surface area contributed by atoms with E-state index in [2.05, 4.69) is 17.3 Å². The lowest BCUT2D eigenvalue weighted by molar-refractivity contribution is 0.100. The summed E-state index contributed by atoms with van der Waals surface area (Å²) in [5.41, 5.74) is 12.3. The quantitative estimate of drug-likeness (QED) is 0.691. The van der Waals surface area contributed by atoms with Gasteiger partial charge in [-0.15, -0.1) is 0 Å². The van der Waals surface area contributed by atoms with E-state index in [0.717, 1.165) is 6.54 Å². The van der Waals surface area contributed by atoms with E-state index in [4.69, 9.17) is 23.1 Å². The monoisotopic (exact) mass is 282 g/mol. The molecule has 0 bridgehead atoms. The lowest BCUT2D eigenvalue weighted by Crippen LogP contribution is -2.27. The van der Waals surface area contributed by atoms with Gasteiger partial charge in [-0.25, -0.2) is 0 Å². The van der Waals surface area contributed by atoms with Gasteiger partial charge in [0.25, 0.3) is 5.91 Å². The van der Waals surface area contributed by atoms with Crippen LogP contribution in [-0.2, 0) is 0 Å². The van der Waals surface area contributed by atoms with Crippen molar-refractivity contribution in [2.45, 2.75) is 18.9 Å². The summed E-state index contributed by atoms with van der Waals surface area (Å²) in [6.45, 7) is 1.60. The zero-order valence-electron chi connectivity index (χ0n) is 10.9. The molecule has 1 saturated carbocycles. The molecule has 1 aromatic rings. The Hall–Kier alpha value is -1.46. The summed E-state index contributed by atoms with van der Waals surface area (Å²) in [6.07, 6.45) is 2.54. The number of carbonyl (C=O) groups is 1. The fourth-order valence-electron chi connectivity index (χ4n) is 2.06. The van der Waals surface area contributed by atoms with E-state index in [9.17, 15) is 4.79 Å². The molecule has 0 aliphatic heterocycles. The summed E-state index contributed by atoms with van der Waals surface area (Å²) >= 11 is 6.11. The SMILES string of the molecule is CN(CCNc1c(Cl)cc(N)cc1C(N)=O)C1CC1. The second kappa shape index (κ2) is 5.67. The Labute approximate surface area is 117 Å². The molecule has 0 spiro atoms. The molecule has 6 heteroatoms. The van der Waals surface area contributed by atoms with Crippen molar-refractivity contribution in [3.8, 4) is 0 Å². The summed E-state index contributed by atoms with van der Waals surface area (Å²) in [5.74, 6) is -0.535. The average Bonchev–Trinajstić information content (AvgIpc) is 3.14. The second-order valence-corrected chi connectivity index (χ2v) is 5.34. The van der Waals surface area contributed by atoms with E-state index in [1.165, 1.54) is 12.8 Å². The number of rotatable bonds is 6. The van der Waals surface area contributed by atoms with Gasteiger partial charge in [0.2, 0.25) is 0 Å². The number of nitrogens with two attached hydrogens (primary N) is 2. The number of nitrogens with one attached hydrogen (secondary N) is 1. The normalized spacial score (nSPS) is 14.7. The Morgan fingerprint density at radius 3 is 2.79 bits per heavy atom. The third-order valence-corrected chi connectivity index (χ3v) is 3.61. The van der Waals surface area contributed by atoms with Crippen molar-refractivity contribution in [1.29, 1.82) is 0 Å². The van der Waals surface area contributed by atoms with Gasteiger partial charge in [0.1, 0.15) is 0 Å². The average molecular weight is 283 g/mol. The van der Waals surface area contributed by atoms with Gasteiger partial charge < -0.3 is 21.7 Å². The van der Waals surface area contributed by atoms with Crippen molar-refractivity contribution in [2.24, 2.45) is 5.73 Å². The fraction of sp³-hybridized carbons (Fsp3) is 0.462. The highest BCUT2D eigenvalue weighted by atomic mass is 35.5. The van der Waals surface area contributed by atoms with Crippen LogP contribution in [-0.4, -0.2) is 37.0 Å². The van der Waals surface area contributed by atoms with Crippen LogP contribution in [0.15, 0.2) is 12.1 Å².